The smallest absolute Gasteiger partial charge is 0.390 e. The van der Waals surface area contributed by atoms with Crippen LogP contribution in [0.4, 0.5) is 24.5 Å². The number of pyridine rings is 1. The van der Waals surface area contributed by atoms with Gasteiger partial charge in [-0.2, -0.15) is 13.2 Å². The fraction of sp³-hybridized carbons (Fsp3) is 0.320. The maximum Gasteiger partial charge on any atom is 0.401 e. The number of benzene rings is 1. The van der Waals surface area contributed by atoms with Crippen molar-refractivity contribution in [2.24, 2.45) is 31.4 Å². The van der Waals surface area contributed by atoms with Crippen LogP contribution in [-0.4, -0.2) is 55.8 Å². The predicted octanol–water partition coefficient (Wildman–Crippen LogP) is 3.70. The number of nitrogens with two attached hydrogens (primary N) is 2. The highest BCUT2D eigenvalue weighted by atomic mass is 19.4. The Kier molecular flexibility index (Phi) is 10.6. The molecule has 1 aliphatic rings. The van der Waals surface area contributed by atoms with Crippen LogP contribution < -0.4 is 22.1 Å². The molecule has 0 bridgehead atoms. The van der Waals surface area contributed by atoms with Crippen molar-refractivity contribution >= 4 is 42.2 Å². The molecule has 10 nitrogen and oxygen atoms in total. The van der Waals surface area contributed by atoms with E-state index in [0.29, 0.717) is 36.6 Å². The van der Waals surface area contributed by atoms with E-state index in [2.05, 4.69) is 35.6 Å². The molecule has 0 saturated heterocycles. The first-order chi connectivity index (χ1) is 18.3. The molecule has 0 spiro atoms. The predicted molar refractivity (Wildman–Crippen MR) is 145 cm³/mol. The summed E-state index contributed by atoms with van der Waals surface area (Å²) in [6.07, 6.45) is 2.21. The number of aromatic nitrogens is 1. The van der Waals surface area contributed by atoms with E-state index in [1.54, 1.807) is 18.3 Å². The Morgan fingerprint density at radius 2 is 2.00 bits per heavy atom. The Morgan fingerprint density at radius 1 is 1.21 bits per heavy atom. The van der Waals surface area contributed by atoms with Crippen LogP contribution in [0.5, 0.6) is 0 Å². The molecule has 1 aromatic heterocycles. The third-order valence-electron chi connectivity index (χ3n) is 5.20. The molecule has 0 aliphatic carbocycles. The summed E-state index contributed by atoms with van der Waals surface area (Å²) in [7, 11) is 0. The molecule has 38 heavy (non-hydrogen) atoms. The van der Waals surface area contributed by atoms with Gasteiger partial charge >= 0.3 is 6.18 Å². The zero-order valence-corrected chi connectivity index (χ0v) is 20.8. The quantitative estimate of drug-likeness (QED) is 0.187. The lowest BCUT2D eigenvalue weighted by molar-refractivity contribution is -0.126. The van der Waals surface area contributed by atoms with Crippen molar-refractivity contribution in [2.75, 3.05) is 18.5 Å². The molecule has 0 amide bonds. The maximum absolute atomic E-state index is 12.8. The van der Waals surface area contributed by atoms with E-state index in [0.717, 1.165) is 17.5 Å². The minimum absolute atomic E-state index is 0.210. The monoisotopic (exact) mass is 529 g/mol. The number of rotatable bonds is 12. The molecule has 1 aromatic carbocycles. The molecule has 3 rings (SSSR count). The number of ether oxygens (including phenoxy) is 1. The number of hydrogen-bond acceptors (Lipinski definition) is 7. The summed E-state index contributed by atoms with van der Waals surface area (Å²) in [5.41, 5.74) is 14.8. The van der Waals surface area contributed by atoms with Crippen LogP contribution in [0.15, 0.2) is 62.4 Å². The minimum Gasteiger partial charge on any atom is -0.390 e. The third-order valence-corrected chi connectivity index (χ3v) is 5.20. The molecule has 0 fully saturated rings. The van der Waals surface area contributed by atoms with Gasteiger partial charge in [0.25, 0.3) is 0 Å². The topological polar surface area (TPSA) is 148 Å². The third kappa shape index (κ3) is 9.18. The molecular formula is C25H30F3N9O. The van der Waals surface area contributed by atoms with Crippen molar-refractivity contribution in [1.29, 1.82) is 0 Å². The standard InChI is InChI=1S/C25H30F3N9O/c1-2-38-22-10-5-18(12-33-22)20-8-9-21(23(37-20)24(30)34-13-25(26,27)28)36-15-31-11-17-3-6-19(7-4-17)35-16-32-14-29/h3-9,12,14-16,22,24,34H,2,10-11,13,30H2,1H3,(H,31,36)(H2,29,32,35). The Bertz CT molecular complexity index is 1190. The summed E-state index contributed by atoms with van der Waals surface area (Å²) >= 11 is 0. The molecule has 1 aliphatic heterocycles. The van der Waals surface area contributed by atoms with Gasteiger partial charge in [0.2, 0.25) is 0 Å². The SMILES string of the molecule is CCOC1CC=C(c2ccc(NC=NCc3ccc(N=CN=CN)cc3)c(C(N)NCC(F)(F)F)n2)C=N1. The Hall–Kier alpha value is -3.94. The van der Waals surface area contributed by atoms with Gasteiger partial charge in [-0.15, -0.1) is 0 Å². The van der Waals surface area contributed by atoms with Gasteiger partial charge in [0.05, 0.1) is 48.5 Å². The Labute approximate surface area is 218 Å². The molecule has 2 aromatic rings. The van der Waals surface area contributed by atoms with E-state index in [1.807, 2.05) is 37.3 Å². The van der Waals surface area contributed by atoms with Crippen molar-refractivity contribution in [2.45, 2.75) is 38.5 Å². The van der Waals surface area contributed by atoms with Crippen molar-refractivity contribution in [3.05, 3.63) is 59.4 Å². The second-order valence-electron chi connectivity index (χ2n) is 8.01. The number of dihydropyridines is 1. The highest BCUT2D eigenvalue weighted by Gasteiger charge is 2.28. The second kappa shape index (κ2) is 14.1. The van der Waals surface area contributed by atoms with E-state index in [4.69, 9.17) is 16.2 Å². The van der Waals surface area contributed by atoms with Crippen LogP contribution in [0.25, 0.3) is 5.57 Å². The molecular weight excluding hydrogens is 499 g/mol. The van der Waals surface area contributed by atoms with Gasteiger partial charge in [-0.05, 0) is 36.8 Å². The van der Waals surface area contributed by atoms with Crippen molar-refractivity contribution in [3.63, 3.8) is 0 Å². The van der Waals surface area contributed by atoms with Crippen LogP contribution >= 0.6 is 0 Å². The second-order valence-corrected chi connectivity index (χ2v) is 8.01. The first-order valence-electron chi connectivity index (χ1n) is 11.8. The number of halogens is 3. The highest BCUT2D eigenvalue weighted by Crippen LogP contribution is 2.24. The minimum atomic E-state index is -4.42. The van der Waals surface area contributed by atoms with Crippen LogP contribution in [0.1, 0.15) is 36.5 Å². The lowest BCUT2D eigenvalue weighted by Crippen LogP contribution is -2.37. The van der Waals surface area contributed by atoms with E-state index in [-0.39, 0.29) is 11.9 Å². The first kappa shape index (κ1) is 28.6. The summed E-state index contributed by atoms with van der Waals surface area (Å²) < 4.78 is 43.8. The summed E-state index contributed by atoms with van der Waals surface area (Å²) in [6.45, 7) is 1.54. The van der Waals surface area contributed by atoms with Gasteiger partial charge in [0.1, 0.15) is 12.5 Å². The first-order valence-corrected chi connectivity index (χ1v) is 11.8. The molecule has 2 atom stereocenters. The molecule has 2 heterocycles. The van der Waals surface area contributed by atoms with Crippen LogP contribution in [0, 0.1) is 0 Å². The molecule has 6 N–H and O–H groups in total. The summed E-state index contributed by atoms with van der Waals surface area (Å²) in [6, 6.07) is 10.8. The van der Waals surface area contributed by atoms with Crippen molar-refractivity contribution in [1.82, 2.24) is 10.3 Å². The molecule has 13 heteroatoms. The summed E-state index contributed by atoms with van der Waals surface area (Å²) in [5.74, 6) is 0. The summed E-state index contributed by atoms with van der Waals surface area (Å²) in [4.78, 5) is 21.0. The molecule has 0 saturated carbocycles. The fourth-order valence-electron chi connectivity index (χ4n) is 3.39. The Morgan fingerprint density at radius 3 is 2.66 bits per heavy atom. The average Bonchev–Trinajstić information content (AvgIpc) is 2.91. The van der Waals surface area contributed by atoms with Gasteiger partial charge < -0.3 is 21.5 Å². The fourth-order valence-corrected chi connectivity index (χ4v) is 3.39. The number of allylic oxidation sites excluding steroid dienone is 1. The van der Waals surface area contributed by atoms with Crippen molar-refractivity contribution < 1.29 is 17.9 Å². The molecule has 0 radical (unpaired) electrons. The van der Waals surface area contributed by atoms with Gasteiger partial charge in [-0.1, -0.05) is 18.2 Å². The number of nitrogens with one attached hydrogen (secondary N) is 2. The number of hydrogen-bond donors (Lipinski definition) is 4. The lowest BCUT2D eigenvalue weighted by Gasteiger charge is -2.20. The maximum atomic E-state index is 12.8. The normalized spacial score (nSPS) is 17.0. The van der Waals surface area contributed by atoms with Crippen LogP contribution in [-0.2, 0) is 11.3 Å². The molecule has 202 valence electrons. The van der Waals surface area contributed by atoms with Gasteiger partial charge in [0, 0.05) is 24.8 Å². The Balaban J connectivity index is 1.71. The zero-order chi connectivity index (χ0) is 27.4. The van der Waals surface area contributed by atoms with Crippen molar-refractivity contribution in [3.8, 4) is 0 Å². The van der Waals surface area contributed by atoms with Gasteiger partial charge in [0.15, 0.2) is 6.23 Å². The van der Waals surface area contributed by atoms with Gasteiger partial charge in [-0.25, -0.2) is 15.0 Å². The number of anilines is 1. The summed E-state index contributed by atoms with van der Waals surface area (Å²) in [5, 5.41) is 5.26. The number of aliphatic imine (C=N–C) groups is 4. The van der Waals surface area contributed by atoms with Crippen LogP contribution in [0.2, 0.25) is 0 Å². The number of alkyl halides is 3. The average molecular weight is 530 g/mol. The van der Waals surface area contributed by atoms with Crippen LogP contribution in [0.3, 0.4) is 0 Å². The lowest BCUT2D eigenvalue weighted by atomic mass is 10.1. The zero-order valence-electron chi connectivity index (χ0n) is 20.8. The van der Waals surface area contributed by atoms with E-state index < -0.39 is 18.9 Å². The highest BCUT2D eigenvalue weighted by molar-refractivity contribution is 6.09. The largest absolute Gasteiger partial charge is 0.401 e. The number of nitrogens with zero attached hydrogens (tertiary/aromatic N) is 5. The van der Waals surface area contributed by atoms with E-state index >= 15 is 0 Å². The van der Waals surface area contributed by atoms with E-state index in [1.165, 1.54) is 12.7 Å². The molecule has 2 unspecified atom stereocenters. The van der Waals surface area contributed by atoms with Gasteiger partial charge in [-0.3, -0.25) is 15.3 Å². The van der Waals surface area contributed by atoms with E-state index in [9.17, 15) is 13.2 Å².